The number of thioether (sulfide) groups is 1. The number of hydrogen-bond acceptors (Lipinski definition) is 3. The first-order valence-corrected chi connectivity index (χ1v) is 9.61. The van der Waals surface area contributed by atoms with Crippen LogP contribution in [0.25, 0.3) is 0 Å². The van der Waals surface area contributed by atoms with Gasteiger partial charge < -0.3 is 10.2 Å². The molecule has 0 aliphatic carbocycles. The molecule has 2 atom stereocenters. The van der Waals surface area contributed by atoms with Crippen LogP contribution < -0.4 is 5.32 Å². The molecule has 3 rings (SSSR count). The van der Waals surface area contributed by atoms with Crippen molar-refractivity contribution in [2.45, 2.75) is 37.8 Å². The molecule has 0 spiro atoms. The molecule has 0 saturated carbocycles. The Labute approximate surface area is 153 Å². The minimum absolute atomic E-state index is 0. The van der Waals surface area contributed by atoms with Crippen molar-refractivity contribution in [2.24, 2.45) is 0 Å². The van der Waals surface area contributed by atoms with E-state index >= 15 is 0 Å². The van der Waals surface area contributed by atoms with Crippen molar-refractivity contribution in [3.05, 3.63) is 34.9 Å². The number of nitrogens with one attached hydrogen (secondary N) is 1. The summed E-state index contributed by atoms with van der Waals surface area (Å²) in [5.74, 6) is 2.51. The van der Waals surface area contributed by atoms with Gasteiger partial charge in [0.1, 0.15) is 0 Å². The van der Waals surface area contributed by atoms with E-state index in [2.05, 4.69) is 16.3 Å². The fourth-order valence-electron chi connectivity index (χ4n) is 3.37. The summed E-state index contributed by atoms with van der Waals surface area (Å²) in [7, 11) is 0. The van der Waals surface area contributed by atoms with E-state index in [0.29, 0.717) is 24.4 Å². The number of likely N-dealkylation sites (tertiary alicyclic amines) is 1. The third-order valence-corrected chi connectivity index (χ3v) is 6.03. The number of carbonyl (C=O) groups excluding carboxylic acids is 1. The Balaban J connectivity index is 0.00000192. The maximum atomic E-state index is 12.6. The molecule has 2 saturated heterocycles. The number of benzene rings is 1. The van der Waals surface area contributed by atoms with Crippen LogP contribution in [0.15, 0.2) is 24.3 Å². The summed E-state index contributed by atoms with van der Waals surface area (Å²) in [5.41, 5.74) is 1.15. The first kappa shape index (κ1) is 18.9. The van der Waals surface area contributed by atoms with Gasteiger partial charge in [-0.15, -0.1) is 12.4 Å². The lowest BCUT2D eigenvalue weighted by atomic mass is 10.0. The summed E-state index contributed by atoms with van der Waals surface area (Å²) < 4.78 is 0. The molecule has 128 valence electrons. The third-order valence-electron chi connectivity index (χ3n) is 4.53. The van der Waals surface area contributed by atoms with Gasteiger partial charge in [0.05, 0.1) is 0 Å². The molecular weight excluding hydrogens is 351 g/mol. The maximum Gasteiger partial charge on any atom is 0.224 e. The fraction of sp³-hybridized carbons (Fsp3) is 0.588. The van der Waals surface area contributed by atoms with E-state index in [-0.39, 0.29) is 12.4 Å². The van der Waals surface area contributed by atoms with Gasteiger partial charge in [-0.25, -0.2) is 0 Å². The molecule has 6 heteroatoms. The van der Waals surface area contributed by atoms with Crippen molar-refractivity contribution in [3.63, 3.8) is 0 Å². The van der Waals surface area contributed by atoms with Crippen molar-refractivity contribution in [3.8, 4) is 0 Å². The number of rotatable bonds is 4. The summed E-state index contributed by atoms with van der Waals surface area (Å²) >= 11 is 8.21. The van der Waals surface area contributed by atoms with E-state index in [1.165, 1.54) is 0 Å². The Morgan fingerprint density at radius 1 is 1.39 bits per heavy atom. The minimum atomic E-state index is 0. The molecule has 2 aliphatic heterocycles. The van der Waals surface area contributed by atoms with Gasteiger partial charge in [0.2, 0.25) is 5.91 Å². The first-order chi connectivity index (χ1) is 10.7. The zero-order chi connectivity index (χ0) is 15.4. The van der Waals surface area contributed by atoms with Crippen LogP contribution in [0.2, 0.25) is 5.02 Å². The predicted molar refractivity (Wildman–Crippen MR) is 101 cm³/mol. The molecule has 1 amide bonds. The highest BCUT2D eigenvalue weighted by atomic mass is 35.5. The molecule has 1 aromatic carbocycles. The van der Waals surface area contributed by atoms with Gasteiger partial charge in [0, 0.05) is 48.1 Å². The molecule has 2 unspecified atom stereocenters. The number of hydrogen-bond donors (Lipinski definition) is 1. The van der Waals surface area contributed by atoms with Crippen LogP contribution in [0.4, 0.5) is 0 Å². The molecule has 1 aromatic rings. The Morgan fingerprint density at radius 3 is 2.96 bits per heavy atom. The largest absolute Gasteiger partial charge is 0.339 e. The molecule has 23 heavy (non-hydrogen) atoms. The van der Waals surface area contributed by atoms with E-state index in [1.807, 2.05) is 30.0 Å². The Kier molecular flexibility index (Phi) is 7.54. The Bertz CT molecular complexity index is 523. The lowest BCUT2D eigenvalue weighted by molar-refractivity contribution is -0.132. The normalized spacial score (nSPS) is 24.3. The smallest absolute Gasteiger partial charge is 0.224 e. The van der Waals surface area contributed by atoms with Crippen LogP contribution in [-0.4, -0.2) is 47.5 Å². The standard InChI is InChI=1S/C17H23ClN2OS.ClH/c18-16-6-2-1-4-13(16)10-15-5-3-8-20(15)17(21)11-14-12-22-9-7-19-14;/h1-2,4,6,14-15,19H,3,5,7-12H2;1H. The summed E-state index contributed by atoms with van der Waals surface area (Å²) in [4.78, 5) is 14.7. The molecule has 2 fully saturated rings. The number of nitrogens with zero attached hydrogens (tertiary/aromatic N) is 1. The van der Waals surface area contributed by atoms with Crippen molar-refractivity contribution >= 4 is 41.7 Å². The van der Waals surface area contributed by atoms with Gasteiger partial charge in [-0.05, 0) is 30.9 Å². The molecule has 0 bridgehead atoms. The fourth-order valence-corrected chi connectivity index (χ4v) is 4.53. The van der Waals surface area contributed by atoms with Crippen molar-refractivity contribution in [1.29, 1.82) is 0 Å². The highest BCUT2D eigenvalue weighted by Crippen LogP contribution is 2.26. The average Bonchev–Trinajstić information content (AvgIpc) is 2.99. The van der Waals surface area contributed by atoms with Gasteiger partial charge in [0.15, 0.2) is 0 Å². The van der Waals surface area contributed by atoms with E-state index in [4.69, 9.17) is 11.6 Å². The van der Waals surface area contributed by atoms with E-state index in [0.717, 1.165) is 54.4 Å². The zero-order valence-corrected chi connectivity index (χ0v) is 15.6. The van der Waals surface area contributed by atoms with Gasteiger partial charge in [-0.1, -0.05) is 29.8 Å². The summed E-state index contributed by atoms with van der Waals surface area (Å²) in [6, 6.07) is 8.63. The van der Waals surface area contributed by atoms with E-state index < -0.39 is 0 Å². The van der Waals surface area contributed by atoms with Crippen LogP contribution in [-0.2, 0) is 11.2 Å². The highest BCUT2D eigenvalue weighted by molar-refractivity contribution is 7.99. The first-order valence-electron chi connectivity index (χ1n) is 8.08. The van der Waals surface area contributed by atoms with Crippen molar-refractivity contribution < 1.29 is 4.79 Å². The lowest BCUT2D eigenvalue weighted by Crippen LogP contribution is -2.44. The van der Waals surface area contributed by atoms with Crippen LogP contribution in [0.5, 0.6) is 0 Å². The van der Waals surface area contributed by atoms with Gasteiger partial charge in [-0.3, -0.25) is 4.79 Å². The number of amides is 1. The van der Waals surface area contributed by atoms with Crippen molar-refractivity contribution in [2.75, 3.05) is 24.6 Å². The topological polar surface area (TPSA) is 32.3 Å². The Morgan fingerprint density at radius 2 is 2.22 bits per heavy atom. The third kappa shape index (κ3) is 5.02. The second-order valence-electron chi connectivity index (χ2n) is 6.11. The SMILES string of the molecule is Cl.O=C(CC1CSCCN1)N1CCCC1Cc1ccccc1Cl. The quantitative estimate of drug-likeness (QED) is 0.876. The zero-order valence-electron chi connectivity index (χ0n) is 13.2. The number of halogens is 2. The molecular formula is C17H24Cl2N2OS. The molecule has 0 radical (unpaired) electrons. The molecule has 2 aliphatic rings. The second kappa shape index (κ2) is 9.16. The molecule has 0 aromatic heterocycles. The van der Waals surface area contributed by atoms with Gasteiger partial charge >= 0.3 is 0 Å². The summed E-state index contributed by atoms with van der Waals surface area (Å²) in [5, 5.41) is 4.27. The summed E-state index contributed by atoms with van der Waals surface area (Å²) in [6.45, 7) is 1.92. The van der Waals surface area contributed by atoms with E-state index in [9.17, 15) is 4.79 Å². The lowest BCUT2D eigenvalue weighted by Gasteiger charge is -2.29. The van der Waals surface area contributed by atoms with Crippen LogP contribution in [0.3, 0.4) is 0 Å². The second-order valence-corrected chi connectivity index (χ2v) is 7.67. The molecule has 1 N–H and O–H groups in total. The Hall–Kier alpha value is -0.420. The van der Waals surface area contributed by atoms with Gasteiger partial charge in [0.25, 0.3) is 0 Å². The molecule has 3 nitrogen and oxygen atoms in total. The van der Waals surface area contributed by atoms with E-state index in [1.54, 1.807) is 0 Å². The minimum Gasteiger partial charge on any atom is -0.339 e. The average molecular weight is 375 g/mol. The maximum absolute atomic E-state index is 12.6. The van der Waals surface area contributed by atoms with Crippen LogP contribution in [0.1, 0.15) is 24.8 Å². The van der Waals surface area contributed by atoms with Gasteiger partial charge in [-0.2, -0.15) is 11.8 Å². The predicted octanol–water partition coefficient (Wildman–Crippen LogP) is 3.39. The molecule has 2 heterocycles. The van der Waals surface area contributed by atoms with Crippen LogP contribution >= 0.6 is 35.8 Å². The monoisotopic (exact) mass is 374 g/mol. The summed E-state index contributed by atoms with van der Waals surface area (Å²) in [6.07, 6.45) is 3.70. The van der Waals surface area contributed by atoms with Crippen molar-refractivity contribution in [1.82, 2.24) is 10.2 Å². The highest BCUT2D eigenvalue weighted by Gasteiger charge is 2.30. The van der Waals surface area contributed by atoms with Crippen LogP contribution in [0, 0.1) is 0 Å². The number of carbonyl (C=O) groups is 1.